The SMILES string of the molecule is CCCCCCCC/C=C/CCCCCCCC(=O)Nc1nnc(NCc2ccc(OC)c(OC)c2)s1. The van der Waals surface area contributed by atoms with Gasteiger partial charge in [0.1, 0.15) is 0 Å². The summed E-state index contributed by atoms with van der Waals surface area (Å²) in [5.74, 6) is 1.38. The normalized spacial score (nSPS) is 11.1. The Morgan fingerprint density at radius 2 is 1.46 bits per heavy atom. The van der Waals surface area contributed by atoms with Crippen LogP contribution in [0.4, 0.5) is 10.3 Å². The number of hydrogen-bond acceptors (Lipinski definition) is 7. The minimum Gasteiger partial charge on any atom is -0.493 e. The van der Waals surface area contributed by atoms with Gasteiger partial charge in [-0.1, -0.05) is 87.8 Å². The molecule has 0 aliphatic heterocycles. The van der Waals surface area contributed by atoms with Crippen LogP contribution < -0.4 is 20.1 Å². The molecule has 2 N–H and O–H groups in total. The standard InChI is InChI=1S/C29H46N4O3S/c1-4-5-6-7-8-9-10-11-12-13-14-15-16-17-18-19-27(34)31-29-33-32-28(37-29)30-23-24-20-21-25(35-2)26(22-24)36-3/h11-12,20-22H,4-10,13-19,23H2,1-3H3,(H,30,32)(H,31,33,34)/b12-11+. The van der Waals surface area contributed by atoms with Crippen LogP contribution in [0.5, 0.6) is 11.5 Å². The zero-order valence-corrected chi connectivity index (χ0v) is 23.8. The first kappa shape index (κ1) is 30.6. The molecule has 206 valence electrons. The molecule has 0 saturated heterocycles. The van der Waals surface area contributed by atoms with Crippen LogP contribution in [-0.2, 0) is 11.3 Å². The van der Waals surface area contributed by atoms with Crippen LogP contribution in [0.2, 0.25) is 0 Å². The fraction of sp³-hybridized carbons (Fsp3) is 0.621. The smallest absolute Gasteiger partial charge is 0.226 e. The molecule has 7 nitrogen and oxygen atoms in total. The molecule has 1 heterocycles. The van der Waals surface area contributed by atoms with Crippen molar-refractivity contribution in [3.63, 3.8) is 0 Å². The highest BCUT2D eigenvalue weighted by Gasteiger charge is 2.09. The van der Waals surface area contributed by atoms with E-state index in [0.29, 0.717) is 34.7 Å². The highest BCUT2D eigenvalue weighted by Crippen LogP contribution is 2.28. The van der Waals surface area contributed by atoms with Gasteiger partial charge >= 0.3 is 0 Å². The van der Waals surface area contributed by atoms with Gasteiger partial charge in [0.25, 0.3) is 0 Å². The third-order valence-electron chi connectivity index (χ3n) is 6.23. The minimum absolute atomic E-state index is 0.000202. The van der Waals surface area contributed by atoms with E-state index >= 15 is 0 Å². The van der Waals surface area contributed by atoms with E-state index in [9.17, 15) is 4.79 Å². The lowest BCUT2D eigenvalue weighted by atomic mass is 10.1. The van der Waals surface area contributed by atoms with Crippen molar-refractivity contribution in [2.24, 2.45) is 0 Å². The largest absolute Gasteiger partial charge is 0.493 e. The molecule has 0 atom stereocenters. The number of nitrogens with one attached hydrogen (secondary N) is 2. The van der Waals surface area contributed by atoms with Crippen LogP contribution in [0.1, 0.15) is 102 Å². The van der Waals surface area contributed by atoms with E-state index < -0.39 is 0 Å². The van der Waals surface area contributed by atoms with Crippen molar-refractivity contribution < 1.29 is 14.3 Å². The molecule has 2 aromatic rings. The quantitative estimate of drug-likeness (QED) is 0.125. The number of hydrogen-bond donors (Lipinski definition) is 2. The molecule has 0 saturated carbocycles. The van der Waals surface area contributed by atoms with E-state index in [4.69, 9.17) is 9.47 Å². The van der Waals surface area contributed by atoms with Crippen LogP contribution in [0.3, 0.4) is 0 Å². The van der Waals surface area contributed by atoms with E-state index in [-0.39, 0.29) is 5.91 Å². The summed E-state index contributed by atoms with van der Waals surface area (Å²) in [6.07, 6.45) is 21.5. The third-order valence-corrected chi connectivity index (χ3v) is 7.03. The summed E-state index contributed by atoms with van der Waals surface area (Å²) in [7, 11) is 3.23. The van der Waals surface area contributed by atoms with Crippen LogP contribution in [0.25, 0.3) is 0 Å². The molecule has 1 aromatic carbocycles. The van der Waals surface area contributed by atoms with E-state index in [0.717, 1.165) is 18.4 Å². The number of rotatable bonds is 21. The Bertz CT molecular complexity index is 916. The van der Waals surface area contributed by atoms with Gasteiger partial charge in [0.15, 0.2) is 11.5 Å². The van der Waals surface area contributed by atoms with Crippen LogP contribution in [0, 0.1) is 0 Å². The highest BCUT2D eigenvalue weighted by atomic mass is 32.1. The van der Waals surface area contributed by atoms with Gasteiger partial charge in [-0.15, -0.1) is 10.2 Å². The topological polar surface area (TPSA) is 85.4 Å². The Hall–Kier alpha value is -2.61. The number of aromatic nitrogens is 2. The zero-order chi connectivity index (χ0) is 26.6. The number of nitrogens with zero attached hydrogens (tertiary/aromatic N) is 2. The van der Waals surface area contributed by atoms with E-state index in [1.165, 1.54) is 82.0 Å². The minimum atomic E-state index is 0.000202. The Morgan fingerprint density at radius 3 is 2.14 bits per heavy atom. The second-order valence-corrected chi connectivity index (χ2v) is 10.3. The fourth-order valence-electron chi connectivity index (χ4n) is 4.05. The van der Waals surface area contributed by atoms with Crippen molar-refractivity contribution in [1.29, 1.82) is 0 Å². The van der Waals surface area contributed by atoms with E-state index in [1.807, 2.05) is 18.2 Å². The van der Waals surface area contributed by atoms with Crippen LogP contribution >= 0.6 is 11.3 Å². The van der Waals surface area contributed by atoms with Gasteiger partial charge in [-0.05, 0) is 49.8 Å². The molecule has 1 aromatic heterocycles. The van der Waals surface area contributed by atoms with Gasteiger partial charge in [-0.3, -0.25) is 4.79 Å². The zero-order valence-electron chi connectivity index (χ0n) is 23.0. The number of unbranched alkanes of at least 4 members (excludes halogenated alkanes) is 11. The van der Waals surface area contributed by atoms with Crippen molar-refractivity contribution in [2.75, 3.05) is 24.9 Å². The molecule has 37 heavy (non-hydrogen) atoms. The van der Waals surface area contributed by atoms with Crippen molar-refractivity contribution in [3.8, 4) is 11.5 Å². The average molecular weight is 531 g/mol. The lowest BCUT2D eigenvalue weighted by molar-refractivity contribution is -0.116. The van der Waals surface area contributed by atoms with Crippen molar-refractivity contribution in [1.82, 2.24) is 10.2 Å². The summed E-state index contributed by atoms with van der Waals surface area (Å²) in [5.41, 5.74) is 1.03. The van der Waals surface area contributed by atoms with Crippen LogP contribution in [0.15, 0.2) is 30.4 Å². The Morgan fingerprint density at radius 1 is 0.838 bits per heavy atom. The van der Waals surface area contributed by atoms with Crippen molar-refractivity contribution in [3.05, 3.63) is 35.9 Å². The number of allylic oxidation sites excluding steroid dienone is 2. The van der Waals surface area contributed by atoms with Gasteiger partial charge in [-0.25, -0.2) is 0 Å². The van der Waals surface area contributed by atoms with E-state index in [1.54, 1.807) is 14.2 Å². The lowest BCUT2D eigenvalue weighted by Crippen LogP contribution is -2.10. The molecule has 0 spiro atoms. The first-order valence-corrected chi connectivity index (χ1v) is 14.7. The van der Waals surface area contributed by atoms with Gasteiger partial charge in [0.2, 0.25) is 16.2 Å². The summed E-state index contributed by atoms with van der Waals surface area (Å²) in [6, 6.07) is 5.76. The number of carbonyl (C=O) groups excluding carboxylic acids is 1. The molecule has 1 amide bonds. The average Bonchev–Trinajstić information content (AvgIpc) is 3.36. The Labute approximate surface area is 227 Å². The number of carbonyl (C=O) groups is 1. The second kappa shape index (κ2) is 19.5. The Balaban J connectivity index is 1.49. The van der Waals surface area contributed by atoms with Gasteiger partial charge < -0.3 is 20.1 Å². The number of ether oxygens (including phenoxy) is 2. The summed E-state index contributed by atoms with van der Waals surface area (Å²) < 4.78 is 10.6. The molecule has 0 aliphatic rings. The monoisotopic (exact) mass is 530 g/mol. The van der Waals surface area contributed by atoms with Crippen molar-refractivity contribution in [2.45, 2.75) is 103 Å². The molecule has 2 rings (SSSR count). The molecule has 0 aliphatic carbocycles. The summed E-state index contributed by atoms with van der Waals surface area (Å²) in [4.78, 5) is 12.2. The number of amides is 1. The maximum Gasteiger partial charge on any atom is 0.226 e. The second-order valence-electron chi connectivity index (χ2n) is 9.34. The highest BCUT2D eigenvalue weighted by molar-refractivity contribution is 7.19. The lowest BCUT2D eigenvalue weighted by Gasteiger charge is -2.09. The number of benzene rings is 1. The molecular formula is C29H46N4O3S. The van der Waals surface area contributed by atoms with Gasteiger partial charge in [-0.2, -0.15) is 0 Å². The number of anilines is 2. The maximum atomic E-state index is 12.2. The predicted octanol–water partition coefficient (Wildman–Crippen LogP) is 8.14. The molecule has 8 heteroatoms. The Kier molecular flexibility index (Phi) is 16.1. The molecule has 0 bridgehead atoms. The summed E-state index contributed by atoms with van der Waals surface area (Å²) in [5, 5.41) is 15.5. The predicted molar refractivity (Wildman–Crippen MR) is 155 cm³/mol. The molecule has 0 fully saturated rings. The van der Waals surface area contributed by atoms with Crippen molar-refractivity contribution >= 4 is 27.5 Å². The summed E-state index contributed by atoms with van der Waals surface area (Å²) in [6.45, 7) is 2.83. The maximum absolute atomic E-state index is 12.2. The van der Waals surface area contributed by atoms with Gasteiger partial charge in [0.05, 0.1) is 14.2 Å². The first-order valence-electron chi connectivity index (χ1n) is 13.9. The molecule has 0 unspecified atom stereocenters. The third kappa shape index (κ3) is 13.5. The molecule has 0 radical (unpaired) electrons. The fourth-order valence-corrected chi connectivity index (χ4v) is 4.71. The first-order chi connectivity index (χ1) is 18.2. The summed E-state index contributed by atoms with van der Waals surface area (Å²) >= 11 is 1.33. The molecular weight excluding hydrogens is 484 g/mol. The van der Waals surface area contributed by atoms with Gasteiger partial charge in [0, 0.05) is 13.0 Å². The van der Waals surface area contributed by atoms with Crippen LogP contribution in [-0.4, -0.2) is 30.3 Å². The number of methoxy groups -OCH3 is 2. The van der Waals surface area contributed by atoms with E-state index in [2.05, 4.69) is 39.9 Å².